The molecule has 2 nitrogen and oxygen atoms in total. The van der Waals surface area contributed by atoms with Gasteiger partial charge in [0.25, 0.3) is 0 Å². The first-order valence-corrected chi connectivity index (χ1v) is 8.15. The molecule has 0 atom stereocenters. The van der Waals surface area contributed by atoms with Crippen molar-refractivity contribution in [3.63, 3.8) is 0 Å². The molecule has 0 bridgehead atoms. The van der Waals surface area contributed by atoms with Crippen LogP contribution in [0.15, 0.2) is 28.7 Å². The molecule has 0 N–H and O–H groups in total. The zero-order valence-electron chi connectivity index (χ0n) is 14.0. The van der Waals surface area contributed by atoms with Gasteiger partial charge in [-0.3, -0.25) is 0 Å². The fourth-order valence-electron chi connectivity index (χ4n) is 3.25. The Morgan fingerprint density at radius 3 is 2.27 bits per heavy atom. The Hall–Kier alpha value is -1.96. The SMILES string of the molecule is CCCCCc1ccc2c(oc3c(C)c(OC)ccc32)c1C. The van der Waals surface area contributed by atoms with Gasteiger partial charge in [-0.25, -0.2) is 0 Å². The van der Waals surface area contributed by atoms with E-state index in [1.165, 1.54) is 41.2 Å². The van der Waals surface area contributed by atoms with Gasteiger partial charge in [0.1, 0.15) is 16.9 Å². The Labute approximate surface area is 132 Å². The normalized spacial score (nSPS) is 11.5. The summed E-state index contributed by atoms with van der Waals surface area (Å²) >= 11 is 0. The van der Waals surface area contributed by atoms with Crippen LogP contribution in [0.3, 0.4) is 0 Å². The minimum absolute atomic E-state index is 0.882. The van der Waals surface area contributed by atoms with Gasteiger partial charge in [-0.1, -0.05) is 31.9 Å². The number of rotatable bonds is 5. The first kappa shape index (κ1) is 15.0. The van der Waals surface area contributed by atoms with Crippen LogP contribution in [0.25, 0.3) is 21.9 Å². The van der Waals surface area contributed by atoms with Gasteiger partial charge >= 0.3 is 0 Å². The summed E-state index contributed by atoms with van der Waals surface area (Å²) in [6, 6.07) is 8.60. The number of furan rings is 1. The summed E-state index contributed by atoms with van der Waals surface area (Å²) in [5, 5.41) is 2.38. The van der Waals surface area contributed by atoms with Gasteiger partial charge in [0.05, 0.1) is 7.11 Å². The molecule has 3 rings (SSSR count). The van der Waals surface area contributed by atoms with Crippen molar-refractivity contribution in [2.75, 3.05) is 7.11 Å². The van der Waals surface area contributed by atoms with E-state index < -0.39 is 0 Å². The van der Waals surface area contributed by atoms with Crippen LogP contribution in [-0.2, 0) is 6.42 Å². The van der Waals surface area contributed by atoms with E-state index in [-0.39, 0.29) is 0 Å². The third-order valence-electron chi connectivity index (χ3n) is 4.64. The number of aryl methyl sites for hydroxylation is 3. The van der Waals surface area contributed by atoms with Crippen molar-refractivity contribution in [2.24, 2.45) is 0 Å². The standard InChI is InChI=1S/C20H24O2/c1-5-6-7-8-15-9-10-16-17-11-12-18(21-4)14(3)20(17)22-19(16)13(15)2/h9-12H,5-8H2,1-4H3. The largest absolute Gasteiger partial charge is 0.496 e. The van der Waals surface area contributed by atoms with Gasteiger partial charge in [-0.05, 0) is 49.9 Å². The fourth-order valence-corrected chi connectivity index (χ4v) is 3.25. The van der Waals surface area contributed by atoms with E-state index in [4.69, 9.17) is 9.15 Å². The molecule has 116 valence electrons. The summed E-state index contributed by atoms with van der Waals surface area (Å²) in [7, 11) is 1.70. The van der Waals surface area contributed by atoms with Crippen LogP contribution in [0.2, 0.25) is 0 Å². The second-order valence-corrected chi connectivity index (χ2v) is 6.06. The average molecular weight is 296 g/mol. The maximum absolute atomic E-state index is 6.22. The van der Waals surface area contributed by atoms with Crippen LogP contribution in [-0.4, -0.2) is 7.11 Å². The number of benzene rings is 2. The Morgan fingerprint density at radius 1 is 0.909 bits per heavy atom. The summed E-state index contributed by atoms with van der Waals surface area (Å²) in [6.45, 7) is 6.48. The molecular weight excluding hydrogens is 272 g/mol. The van der Waals surface area contributed by atoms with Crippen molar-refractivity contribution >= 4 is 21.9 Å². The van der Waals surface area contributed by atoms with Crippen LogP contribution in [0.1, 0.15) is 42.9 Å². The van der Waals surface area contributed by atoms with Crippen LogP contribution < -0.4 is 4.74 Å². The molecule has 2 heteroatoms. The van der Waals surface area contributed by atoms with E-state index in [0.717, 1.165) is 28.9 Å². The lowest BCUT2D eigenvalue weighted by Gasteiger charge is -2.05. The predicted octanol–water partition coefficient (Wildman–Crippen LogP) is 5.94. The van der Waals surface area contributed by atoms with Crippen molar-refractivity contribution < 1.29 is 9.15 Å². The zero-order valence-corrected chi connectivity index (χ0v) is 14.0. The van der Waals surface area contributed by atoms with E-state index in [0.29, 0.717) is 0 Å². The van der Waals surface area contributed by atoms with Crippen molar-refractivity contribution in [1.29, 1.82) is 0 Å². The molecule has 3 aromatic rings. The third kappa shape index (κ3) is 2.37. The molecular formula is C20H24O2. The van der Waals surface area contributed by atoms with Crippen LogP contribution in [0.4, 0.5) is 0 Å². The van der Waals surface area contributed by atoms with E-state index in [9.17, 15) is 0 Å². The molecule has 0 spiro atoms. The maximum atomic E-state index is 6.22. The quantitative estimate of drug-likeness (QED) is 0.543. The summed E-state index contributed by atoms with van der Waals surface area (Å²) in [4.78, 5) is 0. The van der Waals surface area contributed by atoms with E-state index >= 15 is 0 Å². The van der Waals surface area contributed by atoms with Crippen molar-refractivity contribution in [3.05, 3.63) is 41.0 Å². The maximum Gasteiger partial charge on any atom is 0.142 e. The van der Waals surface area contributed by atoms with E-state index in [1.807, 2.05) is 6.07 Å². The highest BCUT2D eigenvalue weighted by atomic mass is 16.5. The van der Waals surface area contributed by atoms with Crippen molar-refractivity contribution in [1.82, 2.24) is 0 Å². The molecule has 2 aromatic carbocycles. The molecule has 0 saturated heterocycles. The predicted molar refractivity (Wildman–Crippen MR) is 93.0 cm³/mol. The van der Waals surface area contributed by atoms with Crippen LogP contribution >= 0.6 is 0 Å². The first-order chi connectivity index (χ1) is 10.7. The second kappa shape index (κ2) is 6.04. The molecule has 0 amide bonds. The average Bonchev–Trinajstić information content (AvgIpc) is 2.91. The minimum Gasteiger partial charge on any atom is -0.496 e. The summed E-state index contributed by atoms with van der Waals surface area (Å²) in [5.41, 5.74) is 5.74. The Bertz CT molecular complexity index is 812. The third-order valence-corrected chi connectivity index (χ3v) is 4.64. The molecule has 1 heterocycles. The molecule has 0 unspecified atom stereocenters. The van der Waals surface area contributed by atoms with Gasteiger partial charge in [0, 0.05) is 16.3 Å². The highest BCUT2D eigenvalue weighted by molar-refractivity contribution is 6.07. The topological polar surface area (TPSA) is 22.4 Å². The number of hydrogen-bond acceptors (Lipinski definition) is 2. The smallest absolute Gasteiger partial charge is 0.142 e. The molecule has 0 fully saturated rings. The van der Waals surface area contributed by atoms with Crippen molar-refractivity contribution in [3.8, 4) is 5.75 Å². The number of unbranched alkanes of at least 4 members (excludes halogenated alkanes) is 2. The molecule has 0 aliphatic carbocycles. The first-order valence-electron chi connectivity index (χ1n) is 8.15. The Morgan fingerprint density at radius 2 is 1.59 bits per heavy atom. The molecule has 0 radical (unpaired) electrons. The number of hydrogen-bond donors (Lipinski definition) is 0. The molecule has 1 aromatic heterocycles. The van der Waals surface area contributed by atoms with Gasteiger partial charge in [0.15, 0.2) is 0 Å². The molecule has 22 heavy (non-hydrogen) atoms. The number of fused-ring (bicyclic) bond motifs is 3. The number of ether oxygens (including phenoxy) is 1. The monoisotopic (exact) mass is 296 g/mol. The summed E-state index contributed by atoms with van der Waals surface area (Å²) < 4.78 is 11.6. The lowest BCUT2D eigenvalue weighted by molar-refractivity contribution is 0.411. The van der Waals surface area contributed by atoms with Gasteiger partial charge in [-0.2, -0.15) is 0 Å². The summed E-state index contributed by atoms with van der Waals surface area (Å²) in [6.07, 6.45) is 4.92. The lowest BCUT2D eigenvalue weighted by Crippen LogP contribution is -1.90. The molecule has 0 saturated carbocycles. The number of methoxy groups -OCH3 is 1. The minimum atomic E-state index is 0.882. The van der Waals surface area contributed by atoms with E-state index in [1.54, 1.807) is 7.11 Å². The van der Waals surface area contributed by atoms with E-state index in [2.05, 4.69) is 39.0 Å². The van der Waals surface area contributed by atoms with Gasteiger partial charge < -0.3 is 9.15 Å². The molecule has 0 aliphatic rings. The highest BCUT2D eigenvalue weighted by Crippen LogP contribution is 2.37. The van der Waals surface area contributed by atoms with Crippen molar-refractivity contribution in [2.45, 2.75) is 46.5 Å². The second-order valence-electron chi connectivity index (χ2n) is 6.06. The Kier molecular flexibility index (Phi) is 4.10. The highest BCUT2D eigenvalue weighted by Gasteiger charge is 2.15. The Balaban J connectivity index is 2.14. The molecule has 0 aliphatic heterocycles. The zero-order chi connectivity index (χ0) is 15.7. The van der Waals surface area contributed by atoms with Crippen LogP contribution in [0, 0.1) is 13.8 Å². The fraction of sp³-hybridized carbons (Fsp3) is 0.400. The lowest BCUT2D eigenvalue weighted by atomic mass is 9.99. The van der Waals surface area contributed by atoms with Crippen LogP contribution in [0.5, 0.6) is 5.75 Å². The summed E-state index contributed by atoms with van der Waals surface area (Å²) in [5.74, 6) is 0.882. The van der Waals surface area contributed by atoms with Gasteiger partial charge in [-0.15, -0.1) is 0 Å². The van der Waals surface area contributed by atoms with Gasteiger partial charge in [0.2, 0.25) is 0 Å².